The summed E-state index contributed by atoms with van der Waals surface area (Å²) in [7, 11) is -3.72. The number of nitrogens with one attached hydrogen (secondary N) is 2. The van der Waals surface area contributed by atoms with Gasteiger partial charge in [-0.1, -0.05) is 19.1 Å². The standard InChI is InChI=1S/C22H28N4O4S/c1-13-4-8-17(9-5-13)25-31(29,30)18-12-16(7-6-14(18)2)21-15(3)24-26-20(28)11-10-19(27)23-22(21)26/h6-7,12-13,17,25H,4-5,8-11H2,1-3H3,(H,23,27). The molecule has 1 aliphatic carbocycles. The highest BCUT2D eigenvalue weighted by atomic mass is 32.2. The monoisotopic (exact) mass is 444 g/mol. The van der Waals surface area contributed by atoms with Crippen LogP contribution in [-0.2, 0) is 14.8 Å². The van der Waals surface area contributed by atoms with E-state index in [1.54, 1.807) is 32.0 Å². The maximum atomic E-state index is 13.2. The number of hydrogen-bond acceptors (Lipinski definition) is 5. The van der Waals surface area contributed by atoms with Gasteiger partial charge in [-0.3, -0.25) is 9.59 Å². The molecule has 2 heterocycles. The van der Waals surface area contributed by atoms with Crippen molar-refractivity contribution < 1.29 is 18.0 Å². The van der Waals surface area contributed by atoms with Gasteiger partial charge in [0, 0.05) is 24.4 Å². The Labute approximate surface area is 182 Å². The molecule has 1 aromatic carbocycles. The number of amides is 1. The third-order valence-electron chi connectivity index (χ3n) is 6.22. The lowest BCUT2D eigenvalue weighted by Gasteiger charge is -2.27. The molecule has 31 heavy (non-hydrogen) atoms. The van der Waals surface area contributed by atoms with Crippen LogP contribution < -0.4 is 10.0 Å². The van der Waals surface area contributed by atoms with Crippen LogP contribution in [0, 0.1) is 19.8 Å². The second-order valence-corrected chi connectivity index (χ2v) is 10.4. The van der Waals surface area contributed by atoms with Crippen LogP contribution in [0.1, 0.15) is 61.5 Å². The van der Waals surface area contributed by atoms with Crippen molar-refractivity contribution in [1.29, 1.82) is 0 Å². The minimum Gasteiger partial charge on any atom is -0.310 e. The summed E-state index contributed by atoms with van der Waals surface area (Å²) in [5.41, 5.74) is 2.34. The lowest BCUT2D eigenvalue weighted by atomic mass is 9.88. The first kappa shape index (κ1) is 21.7. The van der Waals surface area contributed by atoms with Crippen LogP contribution in [0.3, 0.4) is 0 Å². The molecule has 1 amide bonds. The van der Waals surface area contributed by atoms with Crippen molar-refractivity contribution in [1.82, 2.24) is 14.5 Å². The minimum atomic E-state index is -3.72. The molecule has 2 N–H and O–H groups in total. The number of carbonyl (C=O) groups excluding carboxylic acids is 2. The topological polar surface area (TPSA) is 110 Å². The van der Waals surface area contributed by atoms with E-state index in [0.717, 1.165) is 25.7 Å². The number of fused-ring (bicyclic) bond motifs is 1. The fraction of sp³-hybridized carbons (Fsp3) is 0.500. The zero-order valence-corrected chi connectivity index (χ0v) is 18.9. The van der Waals surface area contributed by atoms with Crippen LogP contribution in [0.4, 0.5) is 5.82 Å². The fourth-order valence-corrected chi connectivity index (χ4v) is 5.97. The summed E-state index contributed by atoms with van der Waals surface area (Å²) in [4.78, 5) is 24.7. The summed E-state index contributed by atoms with van der Waals surface area (Å²) in [5, 5.41) is 7.06. The Balaban J connectivity index is 1.72. The average Bonchev–Trinajstić information content (AvgIpc) is 2.96. The highest BCUT2D eigenvalue weighted by molar-refractivity contribution is 7.89. The number of carbonyl (C=O) groups is 2. The van der Waals surface area contributed by atoms with E-state index in [1.165, 1.54) is 4.68 Å². The molecular weight excluding hydrogens is 416 g/mol. The molecule has 2 aliphatic rings. The van der Waals surface area contributed by atoms with Crippen molar-refractivity contribution in [2.24, 2.45) is 5.92 Å². The van der Waals surface area contributed by atoms with E-state index < -0.39 is 10.0 Å². The van der Waals surface area contributed by atoms with E-state index in [0.29, 0.717) is 34.1 Å². The van der Waals surface area contributed by atoms with Gasteiger partial charge in [-0.15, -0.1) is 0 Å². The fourth-order valence-electron chi connectivity index (χ4n) is 4.40. The predicted molar refractivity (Wildman–Crippen MR) is 117 cm³/mol. The number of nitrogens with zero attached hydrogens (tertiary/aromatic N) is 2. The lowest BCUT2D eigenvalue weighted by Crippen LogP contribution is -2.37. The Hall–Kier alpha value is -2.52. The summed E-state index contributed by atoms with van der Waals surface area (Å²) in [6, 6.07) is 5.09. The number of sulfonamides is 1. The first-order valence-electron chi connectivity index (χ1n) is 10.7. The van der Waals surface area contributed by atoms with Gasteiger partial charge in [-0.2, -0.15) is 9.78 Å². The summed E-state index contributed by atoms with van der Waals surface area (Å²) in [6.45, 7) is 5.70. The number of rotatable bonds is 4. The smallest absolute Gasteiger partial charge is 0.249 e. The van der Waals surface area contributed by atoms with Gasteiger partial charge in [0.25, 0.3) is 0 Å². The van der Waals surface area contributed by atoms with Crippen LogP contribution in [0.15, 0.2) is 23.1 Å². The van der Waals surface area contributed by atoms with E-state index >= 15 is 0 Å². The Bertz CT molecular complexity index is 1140. The highest BCUT2D eigenvalue weighted by Gasteiger charge is 2.29. The van der Waals surface area contributed by atoms with Gasteiger partial charge in [0.1, 0.15) is 5.82 Å². The highest BCUT2D eigenvalue weighted by Crippen LogP contribution is 2.35. The summed E-state index contributed by atoms with van der Waals surface area (Å²) in [5.74, 6) is 0.396. The SMILES string of the molecule is Cc1ccc(-c2c(C)nn3c2NC(=O)CCC3=O)cc1S(=O)(=O)NC1CCC(C)CC1. The van der Waals surface area contributed by atoms with Crippen molar-refractivity contribution in [2.45, 2.75) is 70.2 Å². The average molecular weight is 445 g/mol. The first-order chi connectivity index (χ1) is 14.7. The van der Waals surface area contributed by atoms with E-state index in [1.807, 2.05) is 0 Å². The molecular formula is C22H28N4O4S. The normalized spacial score (nSPS) is 22.0. The molecule has 0 unspecified atom stereocenters. The van der Waals surface area contributed by atoms with Gasteiger partial charge in [0.2, 0.25) is 21.8 Å². The van der Waals surface area contributed by atoms with Crippen molar-refractivity contribution in [3.8, 4) is 11.1 Å². The second-order valence-electron chi connectivity index (χ2n) is 8.72. The molecule has 1 fully saturated rings. The van der Waals surface area contributed by atoms with Crippen LogP contribution in [-0.4, -0.2) is 36.1 Å². The molecule has 1 aromatic heterocycles. The van der Waals surface area contributed by atoms with Gasteiger partial charge in [-0.25, -0.2) is 13.1 Å². The third kappa shape index (κ3) is 4.29. The molecule has 9 heteroatoms. The third-order valence-corrected chi connectivity index (χ3v) is 7.89. The number of aryl methyl sites for hydroxylation is 2. The van der Waals surface area contributed by atoms with Crippen LogP contribution >= 0.6 is 0 Å². The Morgan fingerprint density at radius 1 is 1.10 bits per heavy atom. The molecule has 1 saturated carbocycles. The quantitative estimate of drug-likeness (QED) is 0.751. The van der Waals surface area contributed by atoms with E-state index in [-0.39, 0.29) is 35.6 Å². The largest absolute Gasteiger partial charge is 0.310 e. The number of aromatic nitrogens is 2. The predicted octanol–water partition coefficient (Wildman–Crippen LogP) is 3.40. The zero-order valence-electron chi connectivity index (χ0n) is 18.1. The summed E-state index contributed by atoms with van der Waals surface area (Å²) < 4.78 is 30.5. The van der Waals surface area contributed by atoms with Crippen molar-refractivity contribution in [3.05, 3.63) is 29.5 Å². The van der Waals surface area contributed by atoms with Crippen LogP contribution in [0.25, 0.3) is 11.1 Å². The maximum absolute atomic E-state index is 13.2. The molecule has 2 aromatic rings. The molecule has 0 saturated heterocycles. The van der Waals surface area contributed by atoms with Crippen molar-refractivity contribution >= 4 is 27.7 Å². The second kappa shape index (κ2) is 8.20. The number of hydrogen-bond donors (Lipinski definition) is 2. The Morgan fingerprint density at radius 2 is 1.81 bits per heavy atom. The van der Waals surface area contributed by atoms with Gasteiger partial charge < -0.3 is 5.32 Å². The molecule has 0 radical (unpaired) electrons. The number of benzene rings is 1. The molecule has 0 atom stereocenters. The van der Waals surface area contributed by atoms with E-state index in [9.17, 15) is 18.0 Å². The first-order valence-corrected chi connectivity index (χ1v) is 12.2. The Morgan fingerprint density at radius 3 is 2.52 bits per heavy atom. The van der Waals surface area contributed by atoms with Crippen LogP contribution in [0.5, 0.6) is 0 Å². The molecule has 1 aliphatic heterocycles. The zero-order chi connectivity index (χ0) is 22.3. The van der Waals surface area contributed by atoms with Gasteiger partial charge >= 0.3 is 0 Å². The minimum absolute atomic E-state index is 0.0599. The summed E-state index contributed by atoms with van der Waals surface area (Å²) in [6.07, 6.45) is 3.88. The van der Waals surface area contributed by atoms with Gasteiger partial charge in [-0.05, 0) is 62.6 Å². The maximum Gasteiger partial charge on any atom is 0.249 e. The van der Waals surface area contributed by atoms with E-state index in [2.05, 4.69) is 22.1 Å². The van der Waals surface area contributed by atoms with Crippen molar-refractivity contribution in [2.75, 3.05) is 5.32 Å². The lowest BCUT2D eigenvalue weighted by molar-refractivity contribution is -0.116. The molecule has 8 nitrogen and oxygen atoms in total. The molecule has 4 rings (SSSR count). The molecule has 0 spiro atoms. The molecule has 166 valence electrons. The van der Waals surface area contributed by atoms with Crippen molar-refractivity contribution in [3.63, 3.8) is 0 Å². The summed E-state index contributed by atoms with van der Waals surface area (Å²) >= 11 is 0. The van der Waals surface area contributed by atoms with Gasteiger partial charge in [0.15, 0.2) is 0 Å². The Kier molecular flexibility index (Phi) is 5.74. The van der Waals surface area contributed by atoms with Gasteiger partial charge in [0.05, 0.1) is 10.6 Å². The number of anilines is 1. The molecule has 0 bridgehead atoms. The van der Waals surface area contributed by atoms with Crippen LogP contribution in [0.2, 0.25) is 0 Å². The van der Waals surface area contributed by atoms with E-state index in [4.69, 9.17) is 0 Å².